The van der Waals surface area contributed by atoms with Crippen LogP contribution >= 0.6 is 15.9 Å². The topological polar surface area (TPSA) is 66.5 Å². The summed E-state index contributed by atoms with van der Waals surface area (Å²) in [6.45, 7) is 3.05. The van der Waals surface area contributed by atoms with E-state index in [1.807, 2.05) is 0 Å². The fourth-order valence-electron chi connectivity index (χ4n) is 2.79. The van der Waals surface area contributed by atoms with Gasteiger partial charge in [0.15, 0.2) is 11.6 Å². The number of aromatic amines is 1. The molecule has 0 radical (unpaired) electrons. The van der Waals surface area contributed by atoms with E-state index in [2.05, 4.69) is 43.1 Å². The maximum Gasteiger partial charge on any atom is 0.197 e. The zero-order valence-electron chi connectivity index (χ0n) is 12.2. The molecule has 2 heterocycles. The molecule has 0 atom stereocenters. The van der Waals surface area contributed by atoms with Gasteiger partial charge in [0.2, 0.25) is 0 Å². The Morgan fingerprint density at radius 3 is 2.81 bits per heavy atom. The number of aromatic nitrogens is 4. The number of rotatable bonds is 5. The van der Waals surface area contributed by atoms with E-state index in [4.69, 9.17) is 4.98 Å². The molecule has 6 heteroatoms. The van der Waals surface area contributed by atoms with Crippen LogP contribution in [0.2, 0.25) is 0 Å². The van der Waals surface area contributed by atoms with Crippen molar-refractivity contribution in [2.75, 3.05) is 11.9 Å². The SMILES string of the molecule is CCCNc1nc(-c2ncc[nH]2)nc(C2CCCC2)c1Br. The van der Waals surface area contributed by atoms with Crippen LogP contribution in [-0.2, 0) is 0 Å². The lowest BCUT2D eigenvalue weighted by molar-refractivity contribution is 0.690. The van der Waals surface area contributed by atoms with Crippen LogP contribution < -0.4 is 5.32 Å². The fraction of sp³-hybridized carbons (Fsp3) is 0.533. The molecular weight excluding hydrogens is 330 g/mol. The first-order valence-electron chi connectivity index (χ1n) is 7.60. The van der Waals surface area contributed by atoms with Crippen molar-refractivity contribution in [2.24, 2.45) is 0 Å². The first-order valence-corrected chi connectivity index (χ1v) is 8.40. The molecule has 2 aromatic rings. The molecule has 0 amide bonds. The zero-order valence-corrected chi connectivity index (χ0v) is 13.8. The van der Waals surface area contributed by atoms with Crippen molar-refractivity contribution in [3.05, 3.63) is 22.6 Å². The summed E-state index contributed by atoms with van der Waals surface area (Å²) in [7, 11) is 0. The van der Waals surface area contributed by atoms with E-state index in [9.17, 15) is 0 Å². The largest absolute Gasteiger partial charge is 0.369 e. The Morgan fingerprint density at radius 2 is 2.14 bits per heavy atom. The average molecular weight is 350 g/mol. The van der Waals surface area contributed by atoms with Gasteiger partial charge in [0.1, 0.15) is 5.82 Å². The van der Waals surface area contributed by atoms with Gasteiger partial charge in [-0.3, -0.25) is 0 Å². The number of H-pyrrole nitrogens is 1. The van der Waals surface area contributed by atoms with Crippen LogP contribution in [0, 0.1) is 0 Å². The normalized spacial score (nSPS) is 15.5. The van der Waals surface area contributed by atoms with Crippen molar-refractivity contribution >= 4 is 21.7 Å². The van der Waals surface area contributed by atoms with Crippen molar-refractivity contribution in [3.63, 3.8) is 0 Å². The van der Waals surface area contributed by atoms with Gasteiger partial charge in [-0.1, -0.05) is 19.8 Å². The summed E-state index contributed by atoms with van der Waals surface area (Å²) in [5.41, 5.74) is 1.12. The highest BCUT2D eigenvalue weighted by Crippen LogP contribution is 2.39. The highest BCUT2D eigenvalue weighted by atomic mass is 79.9. The van der Waals surface area contributed by atoms with Crippen molar-refractivity contribution in [1.29, 1.82) is 0 Å². The lowest BCUT2D eigenvalue weighted by atomic mass is 10.0. The van der Waals surface area contributed by atoms with E-state index in [1.54, 1.807) is 12.4 Å². The Morgan fingerprint density at radius 1 is 1.33 bits per heavy atom. The Balaban J connectivity index is 2.02. The lowest BCUT2D eigenvalue weighted by Gasteiger charge is -2.15. The van der Waals surface area contributed by atoms with E-state index in [1.165, 1.54) is 25.7 Å². The van der Waals surface area contributed by atoms with Crippen LogP contribution in [0.3, 0.4) is 0 Å². The van der Waals surface area contributed by atoms with Crippen LogP contribution in [-0.4, -0.2) is 26.5 Å². The third kappa shape index (κ3) is 3.10. The van der Waals surface area contributed by atoms with Crippen LogP contribution in [0.4, 0.5) is 5.82 Å². The molecule has 0 saturated heterocycles. The van der Waals surface area contributed by atoms with Crippen LogP contribution in [0.15, 0.2) is 16.9 Å². The molecule has 112 valence electrons. The first-order chi connectivity index (χ1) is 10.3. The van der Waals surface area contributed by atoms with Crippen molar-refractivity contribution in [1.82, 2.24) is 19.9 Å². The Bertz CT molecular complexity index is 590. The summed E-state index contributed by atoms with van der Waals surface area (Å²) >= 11 is 3.70. The Kier molecular flexibility index (Phi) is 4.53. The number of nitrogens with one attached hydrogen (secondary N) is 2. The Hall–Kier alpha value is -1.43. The molecule has 2 aromatic heterocycles. The molecule has 3 rings (SSSR count). The number of nitrogens with zero attached hydrogens (tertiary/aromatic N) is 3. The third-order valence-corrected chi connectivity index (χ3v) is 4.65. The monoisotopic (exact) mass is 349 g/mol. The molecule has 1 aliphatic rings. The van der Waals surface area contributed by atoms with E-state index in [0.717, 1.165) is 34.8 Å². The number of hydrogen-bond donors (Lipinski definition) is 2. The summed E-state index contributed by atoms with van der Waals surface area (Å²) < 4.78 is 1.01. The lowest BCUT2D eigenvalue weighted by Crippen LogP contribution is -2.09. The highest BCUT2D eigenvalue weighted by Gasteiger charge is 2.24. The molecule has 0 aromatic carbocycles. The predicted octanol–water partition coefficient (Wildman–Crippen LogP) is 4.11. The second-order valence-corrected chi connectivity index (χ2v) is 6.23. The summed E-state index contributed by atoms with van der Waals surface area (Å²) in [4.78, 5) is 16.8. The molecule has 0 aliphatic heterocycles. The quantitative estimate of drug-likeness (QED) is 0.852. The molecule has 2 N–H and O–H groups in total. The minimum absolute atomic E-state index is 0.526. The minimum Gasteiger partial charge on any atom is -0.369 e. The molecule has 21 heavy (non-hydrogen) atoms. The van der Waals surface area contributed by atoms with Gasteiger partial charge < -0.3 is 10.3 Å². The summed E-state index contributed by atoms with van der Waals surface area (Å²) in [5.74, 6) is 2.79. The average Bonchev–Trinajstić information content (AvgIpc) is 3.19. The van der Waals surface area contributed by atoms with Gasteiger partial charge in [-0.15, -0.1) is 0 Å². The maximum absolute atomic E-state index is 4.77. The molecule has 0 unspecified atom stereocenters. The minimum atomic E-state index is 0.526. The van der Waals surface area contributed by atoms with Crippen LogP contribution in [0.1, 0.15) is 50.6 Å². The second-order valence-electron chi connectivity index (χ2n) is 5.44. The van der Waals surface area contributed by atoms with Crippen molar-refractivity contribution in [2.45, 2.75) is 44.9 Å². The zero-order chi connectivity index (χ0) is 14.7. The molecular formula is C15H20BrN5. The van der Waals surface area contributed by atoms with Gasteiger partial charge in [0, 0.05) is 24.9 Å². The predicted molar refractivity (Wildman–Crippen MR) is 87.3 cm³/mol. The number of hydrogen-bond acceptors (Lipinski definition) is 4. The standard InChI is InChI=1S/C15H20BrN5/c1-2-7-17-13-11(16)12(10-5-3-4-6-10)20-15(21-13)14-18-8-9-19-14/h8-10H,2-7H2,1H3,(H,18,19)(H,17,20,21). The summed E-state index contributed by atoms with van der Waals surface area (Å²) in [5, 5.41) is 3.39. The maximum atomic E-state index is 4.77. The van der Waals surface area contributed by atoms with E-state index >= 15 is 0 Å². The number of imidazole rings is 1. The molecule has 1 fully saturated rings. The van der Waals surface area contributed by atoms with E-state index < -0.39 is 0 Å². The van der Waals surface area contributed by atoms with Crippen molar-refractivity contribution in [3.8, 4) is 11.6 Å². The molecule has 5 nitrogen and oxygen atoms in total. The van der Waals surface area contributed by atoms with Crippen LogP contribution in [0.5, 0.6) is 0 Å². The fourth-order valence-corrected chi connectivity index (χ4v) is 3.43. The van der Waals surface area contributed by atoms with Gasteiger partial charge in [-0.2, -0.15) is 0 Å². The van der Waals surface area contributed by atoms with E-state index in [-0.39, 0.29) is 0 Å². The smallest absolute Gasteiger partial charge is 0.197 e. The first kappa shape index (κ1) is 14.5. The molecule has 1 aliphatic carbocycles. The van der Waals surface area contributed by atoms with Gasteiger partial charge in [-0.25, -0.2) is 15.0 Å². The molecule has 0 spiro atoms. The van der Waals surface area contributed by atoms with Crippen LogP contribution in [0.25, 0.3) is 11.6 Å². The molecule has 1 saturated carbocycles. The number of halogens is 1. The Labute approximate surface area is 133 Å². The third-order valence-electron chi connectivity index (χ3n) is 3.87. The number of anilines is 1. The second kappa shape index (κ2) is 6.56. The van der Waals surface area contributed by atoms with Gasteiger partial charge in [0.05, 0.1) is 10.2 Å². The van der Waals surface area contributed by atoms with Gasteiger partial charge in [-0.05, 0) is 35.2 Å². The van der Waals surface area contributed by atoms with E-state index in [0.29, 0.717) is 11.7 Å². The summed E-state index contributed by atoms with van der Waals surface area (Å²) in [6.07, 6.45) is 9.58. The molecule has 0 bridgehead atoms. The summed E-state index contributed by atoms with van der Waals surface area (Å²) in [6, 6.07) is 0. The van der Waals surface area contributed by atoms with Gasteiger partial charge in [0.25, 0.3) is 0 Å². The van der Waals surface area contributed by atoms with Gasteiger partial charge >= 0.3 is 0 Å². The van der Waals surface area contributed by atoms with Crippen molar-refractivity contribution < 1.29 is 0 Å². The highest BCUT2D eigenvalue weighted by molar-refractivity contribution is 9.10.